The maximum Gasteiger partial charge on any atom is 0.309 e. The molecular weight excluding hydrogens is 240 g/mol. The molecule has 2 aliphatic carbocycles. The van der Waals surface area contributed by atoms with E-state index in [9.17, 15) is 9.59 Å². The molecule has 0 bridgehead atoms. The Morgan fingerprint density at radius 2 is 1.95 bits per heavy atom. The molecule has 2 fully saturated rings. The van der Waals surface area contributed by atoms with Crippen LogP contribution in [0.15, 0.2) is 23.3 Å². The third-order valence-electron chi connectivity index (χ3n) is 5.61. The molecule has 0 N–H and O–H groups in total. The first-order chi connectivity index (χ1) is 8.79. The smallest absolute Gasteiger partial charge is 0.309 e. The third-order valence-corrected chi connectivity index (χ3v) is 5.61. The van der Waals surface area contributed by atoms with E-state index in [4.69, 9.17) is 4.74 Å². The molecule has 0 radical (unpaired) electrons. The number of rotatable bonds is 0. The predicted octanol–water partition coefficient (Wildman–Crippen LogP) is 2.81. The van der Waals surface area contributed by atoms with Gasteiger partial charge in [0.1, 0.15) is 6.10 Å². The number of ketones is 1. The summed E-state index contributed by atoms with van der Waals surface area (Å²) in [7, 11) is 0. The molecule has 0 aromatic rings. The lowest BCUT2D eigenvalue weighted by atomic mass is 9.56. The molecule has 102 valence electrons. The Bertz CT molecular complexity index is 542. The number of carbonyl (C=O) groups is 2. The molecule has 0 aromatic heterocycles. The normalized spacial score (nSPS) is 45.1. The van der Waals surface area contributed by atoms with E-state index in [2.05, 4.69) is 13.8 Å². The molecule has 0 aromatic carbocycles. The Labute approximate surface area is 113 Å². The van der Waals surface area contributed by atoms with Gasteiger partial charge in [0.15, 0.2) is 5.78 Å². The summed E-state index contributed by atoms with van der Waals surface area (Å²) in [6.07, 6.45) is 5.35. The first-order valence-electron chi connectivity index (χ1n) is 6.95. The Morgan fingerprint density at radius 1 is 1.26 bits per heavy atom. The molecule has 0 amide bonds. The van der Waals surface area contributed by atoms with E-state index in [1.807, 2.05) is 19.9 Å². The van der Waals surface area contributed by atoms with Gasteiger partial charge in [0.25, 0.3) is 0 Å². The molecule has 3 rings (SSSR count). The summed E-state index contributed by atoms with van der Waals surface area (Å²) >= 11 is 0. The van der Waals surface area contributed by atoms with Crippen LogP contribution in [-0.4, -0.2) is 17.9 Å². The first-order valence-corrected chi connectivity index (χ1v) is 6.95. The summed E-state index contributed by atoms with van der Waals surface area (Å²) in [6, 6.07) is 0. The minimum Gasteiger partial charge on any atom is -0.457 e. The van der Waals surface area contributed by atoms with Crippen molar-refractivity contribution < 1.29 is 14.3 Å². The summed E-state index contributed by atoms with van der Waals surface area (Å²) in [5.41, 5.74) is 1.50. The van der Waals surface area contributed by atoms with Gasteiger partial charge >= 0.3 is 5.97 Å². The van der Waals surface area contributed by atoms with Gasteiger partial charge in [-0.2, -0.15) is 0 Å². The largest absolute Gasteiger partial charge is 0.457 e. The number of carbonyl (C=O) groups excluding carboxylic acids is 2. The van der Waals surface area contributed by atoms with Crippen LogP contribution >= 0.6 is 0 Å². The molecule has 4 atom stereocenters. The number of fused-ring (bicyclic) bond motifs is 3. The zero-order chi connectivity index (χ0) is 14.0. The highest BCUT2D eigenvalue weighted by molar-refractivity contribution is 6.05. The lowest BCUT2D eigenvalue weighted by molar-refractivity contribution is -0.143. The van der Waals surface area contributed by atoms with Crippen LogP contribution in [0, 0.1) is 16.7 Å². The van der Waals surface area contributed by atoms with E-state index in [-0.39, 0.29) is 34.6 Å². The average molecular weight is 260 g/mol. The summed E-state index contributed by atoms with van der Waals surface area (Å²) in [4.78, 5) is 23.9. The molecule has 0 unspecified atom stereocenters. The fourth-order valence-corrected chi connectivity index (χ4v) is 3.86. The van der Waals surface area contributed by atoms with Gasteiger partial charge in [0.2, 0.25) is 0 Å². The molecule has 1 saturated heterocycles. The van der Waals surface area contributed by atoms with Crippen LogP contribution in [0.3, 0.4) is 0 Å². The molecular formula is C16H20O3. The van der Waals surface area contributed by atoms with Crippen molar-refractivity contribution in [3.05, 3.63) is 23.3 Å². The topological polar surface area (TPSA) is 43.4 Å². The second-order valence-corrected chi connectivity index (χ2v) is 6.70. The van der Waals surface area contributed by atoms with Crippen LogP contribution in [-0.2, 0) is 14.3 Å². The Balaban J connectivity index is 2.16. The standard InChI is InChI=1S/C16H20O3/c1-9-11(17)5-6-15(3)7-8-16(4)10(2)14(18)19-13(16)12(9)15/h5-6,10,13H,7-8H2,1-4H3/t10-,13+,15+,16-/m0/s1. The minimum absolute atomic E-state index is 0.0485. The number of esters is 1. The fraction of sp³-hybridized carbons (Fsp3) is 0.625. The molecule has 3 aliphatic rings. The van der Waals surface area contributed by atoms with Gasteiger partial charge in [0.05, 0.1) is 5.92 Å². The lowest BCUT2D eigenvalue weighted by Crippen LogP contribution is -2.46. The summed E-state index contributed by atoms with van der Waals surface area (Å²) in [5.74, 6) is -0.172. The van der Waals surface area contributed by atoms with E-state index < -0.39 is 0 Å². The van der Waals surface area contributed by atoms with Gasteiger partial charge < -0.3 is 4.74 Å². The Kier molecular flexibility index (Phi) is 2.39. The van der Waals surface area contributed by atoms with Crippen molar-refractivity contribution in [2.45, 2.75) is 46.6 Å². The number of ether oxygens (including phenoxy) is 1. The number of hydrogen-bond donors (Lipinski definition) is 0. The molecule has 1 heterocycles. The van der Waals surface area contributed by atoms with Gasteiger partial charge in [-0.05, 0) is 31.4 Å². The molecule has 1 saturated carbocycles. The average Bonchev–Trinajstić information content (AvgIpc) is 2.59. The highest BCUT2D eigenvalue weighted by Crippen LogP contribution is 2.58. The van der Waals surface area contributed by atoms with Gasteiger partial charge in [-0.15, -0.1) is 0 Å². The molecule has 3 heteroatoms. The van der Waals surface area contributed by atoms with Gasteiger partial charge in [0, 0.05) is 16.4 Å². The van der Waals surface area contributed by atoms with Gasteiger partial charge in [-0.25, -0.2) is 0 Å². The second-order valence-electron chi connectivity index (χ2n) is 6.70. The predicted molar refractivity (Wildman–Crippen MR) is 71.3 cm³/mol. The van der Waals surface area contributed by atoms with Crippen molar-refractivity contribution in [2.75, 3.05) is 0 Å². The molecule has 3 nitrogen and oxygen atoms in total. The van der Waals surface area contributed by atoms with Crippen molar-refractivity contribution in [1.82, 2.24) is 0 Å². The third kappa shape index (κ3) is 1.44. The number of hydrogen-bond acceptors (Lipinski definition) is 3. The van der Waals surface area contributed by atoms with Crippen molar-refractivity contribution in [2.24, 2.45) is 16.7 Å². The second kappa shape index (κ2) is 3.59. The lowest BCUT2D eigenvalue weighted by Gasteiger charge is -2.47. The van der Waals surface area contributed by atoms with E-state index in [0.717, 1.165) is 24.0 Å². The van der Waals surface area contributed by atoms with E-state index in [1.54, 1.807) is 6.08 Å². The zero-order valence-corrected chi connectivity index (χ0v) is 11.9. The summed E-state index contributed by atoms with van der Waals surface area (Å²) < 4.78 is 5.65. The van der Waals surface area contributed by atoms with Crippen LogP contribution in [0.1, 0.15) is 40.5 Å². The van der Waals surface area contributed by atoms with Gasteiger partial charge in [-0.1, -0.05) is 26.8 Å². The summed E-state index contributed by atoms with van der Waals surface area (Å²) in [6.45, 7) is 8.07. The van der Waals surface area contributed by atoms with Crippen LogP contribution in [0.5, 0.6) is 0 Å². The summed E-state index contributed by atoms with van der Waals surface area (Å²) in [5, 5.41) is 0. The van der Waals surface area contributed by atoms with E-state index in [0.29, 0.717) is 0 Å². The monoisotopic (exact) mass is 260 g/mol. The molecule has 19 heavy (non-hydrogen) atoms. The van der Waals surface area contributed by atoms with Crippen LogP contribution in [0.2, 0.25) is 0 Å². The number of allylic oxidation sites excluding steroid dienone is 3. The minimum atomic E-state index is -0.234. The van der Waals surface area contributed by atoms with Crippen LogP contribution in [0.4, 0.5) is 0 Å². The molecule has 1 aliphatic heterocycles. The van der Waals surface area contributed by atoms with Gasteiger partial charge in [-0.3, -0.25) is 9.59 Å². The highest BCUT2D eigenvalue weighted by Gasteiger charge is 2.59. The maximum atomic E-state index is 12.0. The van der Waals surface area contributed by atoms with E-state index >= 15 is 0 Å². The zero-order valence-electron chi connectivity index (χ0n) is 11.9. The van der Waals surface area contributed by atoms with Crippen molar-refractivity contribution in [3.63, 3.8) is 0 Å². The Hall–Kier alpha value is -1.38. The SMILES string of the molecule is CC1=C2[C@H]3OC(=O)[C@H](C)[C@]3(C)CC[C@@]2(C)C=CC1=O. The first kappa shape index (κ1) is 12.6. The van der Waals surface area contributed by atoms with Crippen molar-refractivity contribution in [1.29, 1.82) is 0 Å². The fourth-order valence-electron chi connectivity index (χ4n) is 3.86. The van der Waals surface area contributed by atoms with Crippen molar-refractivity contribution in [3.8, 4) is 0 Å². The van der Waals surface area contributed by atoms with Crippen molar-refractivity contribution >= 4 is 11.8 Å². The highest BCUT2D eigenvalue weighted by atomic mass is 16.6. The van der Waals surface area contributed by atoms with Crippen LogP contribution in [0.25, 0.3) is 0 Å². The quantitative estimate of drug-likeness (QED) is 0.629. The maximum absolute atomic E-state index is 12.0. The van der Waals surface area contributed by atoms with Crippen LogP contribution < -0.4 is 0 Å². The van der Waals surface area contributed by atoms with E-state index in [1.165, 1.54) is 0 Å². The Morgan fingerprint density at radius 3 is 2.63 bits per heavy atom. The molecule has 0 spiro atoms.